The van der Waals surface area contributed by atoms with Gasteiger partial charge in [-0.1, -0.05) is 12.1 Å². The lowest BCUT2D eigenvalue weighted by atomic mass is 10.3. The maximum atomic E-state index is 4.40. The van der Waals surface area contributed by atoms with E-state index in [-0.39, 0.29) is 0 Å². The van der Waals surface area contributed by atoms with E-state index in [1.807, 2.05) is 18.2 Å². The molecule has 0 aromatic carbocycles. The second-order valence-corrected chi connectivity index (χ2v) is 5.99. The number of thiophene rings is 1. The molecule has 0 aliphatic rings. The minimum Gasteiger partial charge on any atom is -0.369 e. The summed E-state index contributed by atoms with van der Waals surface area (Å²) in [5.74, 6) is 1.54. The molecule has 0 aliphatic carbocycles. The van der Waals surface area contributed by atoms with E-state index in [2.05, 4.69) is 42.9 Å². The van der Waals surface area contributed by atoms with Crippen molar-refractivity contribution in [3.05, 3.63) is 59.3 Å². The molecule has 0 atom stereocenters. The van der Waals surface area contributed by atoms with Crippen molar-refractivity contribution in [1.82, 2.24) is 24.7 Å². The van der Waals surface area contributed by atoms with Gasteiger partial charge in [0, 0.05) is 17.6 Å². The monoisotopic (exact) mass is 322 g/mol. The molecule has 0 aliphatic heterocycles. The van der Waals surface area contributed by atoms with Crippen LogP contribution in [0.2, 0.25) is 0 Å². The first-order chi connectivity index (χ1) is 11.4. The van der Waals surface area contributed by atoms with Crippen LogP contribution in [-0.2, 0) is 6.42 Å². The summed E-state index contributed by atoms with van der Waals surface area (Å²) in [6, 6.07) is 9.91. The van der Waals surface area contributed by atoms with Crippen LogP contribution in [0.5, 0.6) is 0 Å². The molecule has 0 fully saturated rings. The van der Waals surface area contributed by atoms with Crippen molar-refractivity contribution in [3.63, 3.8) is 0 Å². The van der Waals surface area contributed by atoms with E-state index in [1.54, 1.807) is 34.7 Å². The van der Waals surface area contributed by atoms with Crippen LogP contribution in [0.25, 0.3) is 16.9 Å². The molecule has 0 saturated heterocycles. The van der Waals surface area contributed by atoms with Gasteiger partial charge >= 0.3 is 0 Å². The van der Waals surface area contributed by atoms with E-state index >= 15 is 0 Å². The van der Waals surface area contributed by atoms with Crippen LogP contribution in [0, 0.1) is 0 Å². The fourth-order valence-electron chi connectivity index (χ4n) is 2.39. The zero-order chi connectivity index (χ0) is 15.5. The fourth-order valence-corrected chi connectivity index (χ4v) is 3.10. The Morgan fingerprint density at radius 2 is 2.09 bits per heavy atom. The molecule has 4 aromatic rings. The van der Waals surface area contributed by atoms with Gasteiger partial charge in [-0.3, -0.25) is 0 Å². The molecule has 1 N–H and O–H groups in total. The maximum Gasteiger partial charge on any atom is 0.170 e. The summed E-state index contributed by atoms with van der Waals surface area (Å²) < 4.78 is 1.72. The Bertz CT molecular complexity index is 901. The molecule has 4 heterocycles. The Hall–Kier alpha value is -2.80. The Morgan fingerprint density at radius 1 is 1.09 bits per heavy atom. The van der Waals surface area contributed by atoms with Gasteiger partial charge in [0.2, 0.25) is 0 Å². The second-order valence-electron chi connectivity index (χ2n) is 4.96. The van der Waals surface area contributed by atoms with Gasteiger partial charge < -0.3 is 5.32 Å². The van der Waals surface area contributed by atoms with Crippen molar-refractivity contribution < 1.29 is 0 Å². The van der Waals surface area contributed by atoms with Crippen LogP contribution in [0.15, 0.2) is 54.4 Å². The molecule has 4 aromatic heterocycles. The van der Waals surface area contributed by atoms with Gasteiger partial charge in [-0.2, -0.15) is 9.78 Å². The summed E-state index contributed by atoms with van der Waals surface area (Å²) in [5.41, 5.74) is 0.748. The number of fused-ring (bicyclic) bond motifs is 1. The number of hydrogen-bond donors (Lipinski definition) is 1. The number of rotatable bonds is 5. The molecule has 6 nitrogen and oxygen atoms in total. The van der Waals surface area contributed by atoms with Gasteiger partial charge in [0.15, 0.2) is 11.5 Å². The highest BCUT2D eigenvalue weighted by Gasteiger charge is 2.11. The van der Waals surface area contributed by atoms with E-state index < -0.39 is 0 Å². The highest BCUT2D eigenvalue weighted by molar-refractivity contribution is 7.09. The molecule has 7 heteroatoms. The Kier molecular flexibility index (Phi) is 3.69. The first kappa shape index (κ1) is 13.8. The average Bonchev–Trinajstić information content (AvgIpc) is 3.25. The van der Waals surface area contributed by atoms with Gasteiger partial charge in [0.05, 0.1) is 11.6 Å². The molecule has 4 rings (SSSR count). The van der Waals surface area contributed by atoms with Crippen molar-refractivity contribution in [3.8, 4) is 5.82 Å². The largest absolute Gasteiger partial charge is 0.369 e. The number of nitrogens with zero attached hydrogens (tertiary/aromatic N) is 5. The smallest absolute Gasteiger partial charge is 0.170 e. The van der Waals surface area contributed by atoms with E-state index in [0.29, 0.717) is 0 Å². The SMILES string of the molecule is c1ccc(-n2ncc3c(NCCc4cccs4)ncnc32)nc1. The zero-order valence-corrected chi connectivity index (χ0v) is 13.1. The standard InChI is InChI=1S/C16H14N6S/c1-2-7-17-14(5-1)22-16-13(10-21-22)15(19-11-20-16)18-8-6-12-4-3-9-23-12/h1-5,7,9-11H,6,8H2,(H,18,19,20). The quantitative estimate of drug-likeness (QED) is 0.612. The Morgan fingerprint density at radius 3 is 2.91 bits per heavy atom. The number of anilines is 1. The average molecular weight is 322 g/mol. The third-order valence-corrected chi connectivity index (χ3v) is 4.41. The molecule has 23 heavy (non-hydrogen) atoms. The molecular formula is C16H14N6S. The minimum atomic E-state index is 0.741. The Balaban J connectivity index is 1.60. The van der Waals surface area contributed by atoms with Crippen molar-refractivity contribution in [2.45, 2.75) is 6.42 Å². The third-order valence-electron chi connectivity index (χ3n) is 3.48. The van der Waals surface area contributed by atoms with Crippen LogP contribution in [0.4, 0.5) is 5.82 Å². The van der Waals surface area contributed by atoms with Crippen molar-refractivity contribution in [1.29, 1.82) is 0 Å². The van der Waals surface area contributed by atoms with Gasteiger partial charge in [-0.25, -0.2) is 15.0 Å². The summed E-state index contributed by atoms with van der Waals surface area (Å²) in [7, 11) is 0. The molecule has 0 unspecified atom stereocenters. The van der Waals surface area contributed by atoms with E-state index in [1.165, 1.54) is 4.88 Å². The lowest BCUT2D eigenvalue weighted by Gasteiger charge is -2.06. The van der Waals surface area contributed by atoms with Crippen molar-refractivity contribution >= 4 is 28.2 Å². The lowest BCUT2D eigenvalue weighted by Crippen LogP contribution is -2.06. The normalized spacial score (nSPS) is 11.0. The summed E-state index contributed by atoms with van der Waals surface area (Å²) in [4.78, 5) is 14.4. The van der Waals surface area contributed by atoms with E-state index in [4.69, 9.17) is 0 Å². The zero-order valence-electron chi connectivity index (χ0n) is 12.3. The van der Waals surface area contributed by atoms with Gasteiger partial charge in [0.25, 0.3) is 0 Å². The number of hydrogen-bond acceptors (Lipinski definition) is 6. The van der Waals surface area contributed by atoms with Gasteiger partial charge in [0.1, 0.15) is 12.1 Å². The molecule has 0 bridgehead atoms. The first-order valence-electron chi connectivity index (χ1n) is 7.28. The number of pyridine rings is 1. The van der Waals surface area contributed by atoms with Crippen molar-refractivity contribution in [2.75, 3.05) is 11.9 Å². The first-order valence-corrected chi connectivity index (χ1v) is 8.16. The van der Waals surface area contributed by atoms with Gasteiger partial charge in [-0.05, 0) is 30.0 Å². The van der Waals surface area contributed by atoms with Crippen LogP contribution in [0.1, 0.15) is 4.88 Å². The molecular weight excluding hydrogens is 308 g/mol. The third kappa shape index (κ3) is 2.78. The van der Waals surface area contributed by atoms with Crippen LogP contribution in [0.3, 0.4) is 0 Å². The highest BCUT2D eigenvalue weighted by Crippen LogP contribution is 2.20. The van der Waals surface area contributed by atoms with Crippen LogP contribution >= 0.6 is 11.3 Å². The number of aromatic nitrogens is 5. The topological polar surface area (TPSA) is 68.5 Å². The summed E-state index contributed by atoms with van der Waals surface area (Å²) >= 11 is 1.77. The van der Waals surface area contributed by atoms with Crippen LogP contribution < -0.4 is 5.32 Å². The maximum absolute atomic E-state index is 4.40. The molecule has 0 radical (unpaired) electrons. The summed E-state index contributed by atoms with van der Waals surface area (Å²) in [5, 5.41) is 10.8. The van der Waals surface area contributed by atoms with Gasteiger partial charge in [-0.15, -0.1) is 11.3 Å². The molecule has 0 saturated carbocycles. The predicted molar refractivity (Wildman–Crippen MR) is 91.0 cm³/mol. The number of nitrogens with one attached hydrogen (secondary N) is 1. The molecule has 114 valence electrons. The van der Waals surface area contributed by atoms with Crippen molar-refractivity contribution in [2.24, 2.45) is 0 Å². The highest BCUT2D eigenvalue weighted by atomic mass is 32.1. The second kappa shape index (κ2) is 6.13. The fraction of sp³-hybridized carbons (Fsp3) is 0.125. The van der Waals surface area contributed by atoms with Crippen LogP contribution in [-0.4, -0.2) is 31.3 Å². The van der Waals surface area contributed by atoms with E-state index in [9.17, 15) is 0 Å². The van der Waals surface area contributed by atoms with E-state index in [0.717, 1.165) is 35.6 Å². The predicted octanol–water partition coefficient (Wildman–Crippen LogP) is 2.93. The summed E-state index contributed by atoms with van der Waals surface area (Å²) in [6.07, 6.45) is 6.04. The molecule has 0 spiro atoms. The lowest BCUT2D eigenvalue weighted by molar-refractivity contribution is 0.861. The minimum absolute atomic E-state index is 0.741. The molecule has 0 amide bonds. The Labute approximate surface area is 136 Å². The summed E-state index contributed by atoms with van der Waals surface area (Å²) in [6.45, 7) is 0.821.